The summed E-state index contributed by atoms with van der Waals surface area (Å²) < 4.78 is 0. The molecule has 2 amide bonds. The lowest BCUT2D eigenvalue weighted by Gasteiger charge is -2.52. The lowest BCUT2D eigenvalue weighted by atomic mass is 9.84. The fourth-order valence-corrected chi connectivity index (χ4v) is 4.08. The second-order valence-corrected chi connectivity index (χ2v) is 7.64. The number of piperidine rings is 1. The van der Waals surface area contributed by atoms with Gasteiger partial charge in [0.25, 0.3) is 0 Å². The number of carbonyl (C=O) groups excluding carboxylic acids is 2. The third kappa shape index (κ3) is 3.76. The van der Waals surface area contributed by atoms with Gasteiger partial charge in [-0.3, -0.25) is 14.5 Å². The summed E-state index contributed by atoms with van der Waals surface area (Å²) in [7, 11) is 4.28. The molecule has 0 saturated carbocycles. The Morgan fingerprint density at radius 3 is 2.46 bits per heavy atom. The van der Waals surface area contributed by atoms with Crippen LogP contribution >= 0.6 is 0 Å². The van der Waals surface area contributed by atoms with Gasteiger partial charge in [-0.25, -0.2) is 0 Å². The van der Waals surface area contributed by atoms with Gasteiger partial charge >= 0.3 is 11.8 Å². The zero-order chi connectivity index (χ0) is 18.7. The summed E-state index contributed by atoms with van der Waals surface area (Å²) in [5, 5.41) is 2.82. The lowest BCUT2D eigenvalue weighted by molar-refractivity contribution is -0.147. The Labute approximate surface area is 156 Å². The number of likely N-dealkylation sites (tertiary alicyclic amines) is 1. The van der Waals surface area contributed by atoms with Crippen molar-refractivity contribution in [3.05, 3.63) is 29.8 Å². The number of aryl methyl sites for hydroxylation is 1. The van der Waals surface area contributed by atoms with E-state index in [1.807, 2.05) is 31.2 Å². The molecule has 1 spiro atoms. The minimum atomic E-state index is -0.529. The van der Waals surface area contributed by atoms with E-state index in [1.165, 1.54) is 0 Å². The number of nitrogens with zero attached hydrogens (tertiary/aromatic N) is 3. The number of carbonyl (C=O) groups is 2. The van der Waals surface area contributed by atoms with Crippen LogP contribution in [-0.4, -0.2) is 78.9 Å². The van der Waals surface area contributed by atoms with E-state index in [2.05, 4.69) is 29.2 Å². The van der Waals surface area contributed by atoms with E-state index in [0.717, 1.165) is 50.1 Å². The molecule has 0 atom stereocenters. The van der Waals surface area contributed by atoms with Crippen LogP contribution in [0.15, 0.2) is 24.3 Å². The van der Waals surface area contributed by atoms with Gasteiger partial charge in [-0.2, -0.15) is 0 Å². The number of hydrogen-bond acceptors (Lipinski definition) is 4. The molecule has 142 valence electrons. The van der Waals surface area contributed by atoms with Crippen molar-refractivity contribution >= 4 is 17.5 Å². The highest BCUT2D eigenvalue weighted by molar-refractivity contribution is 6.39. The molecular formula is C20H30N4O2. The first-order valence-corrected chi connectivity index (χ1v) is 9.53. The van der Waals surface area contributed by atoms with Crippen LogP contribution in [0.4, 0.5) is 5.69 Å². The predicted molar refractivity (Wildman–Crippen MR) is 103 cm³/mol. The molecule has 3 rings (SSSR count). The van der Waals surface area contributed by atoms with Crippen LogP contribution in [0.1, 0.15) is 25.3 Å². The van der Waals surface area contributed by atoms with Gasteiger partial charge in [0, 0.05) is 30.9 Å². The molecule has 2 aliphatic heterocycles. The first-order valence-electron chi connectivity index (χ1n) is 9.53. The van der Waals surface area contributed by atoms with Crippen molar-refractivity contribution in [2.45, 2.75) is 31.7 Å². The van der Waals surface area contributed by atoms with E-state index in [0.29, 0.717) is 13.1 Å². The Bertz CT molecular complexity index is 668. The quantitative estimate of drug-likeness (QED) is 0.813. The Morgan fingerprint density at radius 2 is 1.77 bits per heavy atom. The topological polar surface area (TPSA) is 55.9 Å². The summed E-state index contributed by atoms with van der Waals surface area (Å²) in [4.78, 5) is 31.8. The summed E-state index contributed by atoms with van der Waals surface area (Å²) in [6, 6.07) is 7.65. The minimum Gasteiger partial charge on any atom is -0.331 e. The van der Waals surface area contributed by atoms with Crippen molar-refractivity contribution in [1.82, 2.24) is 14.7 Å². The zero-order valence-corrected chi connectivity index (χ0v) is 16.1. The fourth-order valence-electron chi connectivity index (χ4n) is 4.08. The van der Waals surface area contributed by atoms with E-state index >= 15 is 0 Å². The van der Waals surface area contributed by atoms with Crippen LogP contribution in [0.25, 0.3) is 0 Å². The number of nitrogens with one attached hydrogen (secondary N) is 1. The molecule has 1 aromatic carbocycles. The average molecular weight is 358 g/mol. The van der Waals surface area contributed by atoms with Crippen molar-refractivity contribution in [1.29, 1.82) is 0 Å². The highest BCUT2D eigenvalue weighted by Crippen LogP contribution is 2.31. The van der Waals surface area contributed by atoms with E-state index in [4.69, 9.17) is 0 Å². The number of rotatable bonds is 2. The first-order chi connectivity index (χ1) is 12.4. The molecule has 1 aromatic rings. The maximum atomic E-state index is 12.8. The molecule has 0 bridgehead atoms. The van der Waals surface area contributed by atoms with Gasteiger partial charge in [0.1, 0.15) is 0 Å². The number of likely N-dealkylation sites (N-methyl/N-ethyl adjacent to an activating group) is 1. The molecule has 6 nitrogen and oxygen atoms in total. The molecule has 2 aliphatic rings. The Hall–Kier alpha value is -1.92. The second-order valence-electron chi connectivity index (χ2n) is 7.64. The first kappa shape index (κ1) is 18.9. The summed E-state index contributed by atoms with van der Waals surface area (Å²) in [6.45, 7) is 6.16. The SMILES string of the molecule is CCc1ccccc1NC(=O)C(=O)N1CCN(C)C2(CCN(C)CC2)C1. The van der Waals surface area contributed by atoms with E-state index in [9.17, 15) is 9.59 Å². The standard InChI is InChI=1S/C20H30N4O2/c1-4-16-7-5-6-8-17(16)21-18(25)19(26)24-14-13-23(3)20(15-24)9-11-22(2)12-10-20/h5-8H,4,9-15H2,1-3H3,(H,21,25). The molecule has 0 aliphatic carbocycles. The monoisotopic (exact) mass is 358 g/mol. The highest BCUT2D eigenvalue weighted by Gasteiger charge is 2.43. The molecule has 2 heterocycles. The van der Waals surface area contributed by atoms with E-state index in [-0.39, 0.29) is 5.54 Å². The van der Waals surface area contributed by atoms with Crippen molar-refractivity contribution < 1.29 is 9.59 Å². The van der Waals surface area contributed by atoms with Crippen molar-refractivity contribution in [2.75, 3.05) is 52.1 Å². The number of hydrogen-bond donors (Lipinski definition) is 1. The molecule has 1 N–H and O–H groups in total. The number of amides is 2. The Balaban J connectivity index is 1.68. The normalized spacial score (nSPS) is 21.0. The predicted octanol–water partition coefficient (Wildman–Crippen LogP) is 1.43. The van der Waals surface area contributed by atoms with Gasteiger partial charge in [-0.1, -0.05) is 25.1 Å². The maximum Gasteiger partial charge on any atom is 0.313 e. The van der Waals surface area contributed by atoms with Gasteiger partial charge < -0.3 is 15.1 Å². The fraction of sp³-hybridized carbons (Fsp3) is 0.600. The smallest absolute Gasteiger partial charge is 0.313 e. The number of piperazine rings is 1. The summed E-state index contributed by atoms with van der Waals surface area (Å²) in [5.41, 5.74) is 1.78. The molecular weight excluding hydrogens is 328 g/mol. The van der Waals surface area contributed by atoms with Gasteiger partial charge in [0.2, 0.25) is 0 Å². The van der Waals surface area contributed by atoms with Crippen molar-refractivity contribution in [2.24, 2.45) is 0 Å². The molecule has 0 radical (unpaired) electrons. The molecule has 0 aromatic heterocycles. The minimum absolute atomic E-state index is 0.00201. The summed E-state index contributed by atoms with van der Waals surface area (Å²) in [6.07, 6.45) is 2.88. The maximum absolute atomic E-state index is 12.8. The Morgan fingerprint density at radius 1 is 1.08 bits per heavy atom. The van der Waals surface area contributed by atoms with Crippen LogP contribution in [0, 0.1) is 0 Å². The van der Waals surface area contributed by atoms with Gasteiger partial charge in [-0.05, 0) is 58.1 Å². The van der Waals surface area contributed by atoms with Gasteiger partial charge in [-0.15, -0.1) is 0 Å². The van der Waals surface area contributed by atoms with Crippen LogP contribution in [-0.2, 0) is 16.0 Å². The van der Waals surface area contributed by atoms with Crippen molar-refractivity contribution in [3.8, 4) is 0 Å². The van der Waals surface area contributed by atoms with Crippen molar-refractivity contribution in [3.63, 3.8) is 0 Å². The number of anilines is 1. The molecule has 6 heteroatoms. The van der Waals surface area contributed by atoms with Gasteiger partial charge in [0.05, 0.1) is 0 Å². The lowest BCUT2D eigenvalue weighted by Crippen LogP contribution is -2.65. The largest absolute Gasteiger partial charge is 0.331 e. The van der Waals surface area contributed by atoms with Crippen LogP contribution in [0.3, 0.4) is 0 Å². The second kappa shape index (κ2) is 7.76. The van der Waals surface area contributed by atoms with E-state index in [1.54, 1.807) is 4.90 Å². The number of benzene rings is 1. The zero-order valence-electron chi connectivity index (χ0n) is 16.1. The Kier molecular flexibility index (Phi) is 5.63. The van der Waals surface area contributed by atoms with E-state index < -0.39 is 11.8 Å². The molecule has 2 saturated heterocycles. The average Bonchev–Trinajstić information content (AvgIpc) is 2.66. The van der Waals surface area contributed by atoms with Crippen LogP contribution < -0.4 is 5.32 Å². The van der Waals surface area contributed by atoms with Crippen LogP contribution in [0.2, 0.25) is 0 Å². The molecule has 26 heavy (non-hydrogen) atoms. The van der Waals surface area contributed by atoms with Gasteiger partial charge in [0.15, 0.2) is 0 Å². The van der Waals surface area contributed by atoms with Crippen LogP contribution in [0.5, 0.6) is 0 Å². The summed E-state index contributed by atoms with van der Waals surface area (Å²) >= 11 is 0. The number of para-hydroxylation sites is 1. The molecule has 0 unspecified atom stereocenters. The third-order valence-electron chi connectivity index (χ3n) is 6.05. The third-order valence-corrected chi connectivity index (χ3v) is 6.05. The molecule has 2 fully saturated rings. The summed E-state index contributed by atoms with van der Waals surface area (Å²) in [5.74, 6) is -0.944. The highest BCUT2D eigenvalue weighted by atomic mass is 16.2.